The first-order valence-electron chi connectivity index (χ1n) is 5.00. The van der Waals surface area contributed by atoms with Crippen molar-refractivity contribution in [2.24, 2.45) is 11.8 Å². The van der Waals surface area contributed by atoms with Crippen molar-refractivity contribution in [2.45, 2.75) is 39.2 Å². The summed E-state index contributed by atoms with van der Waals surface area (Å²) in [7, 11) is 0. The van der Waals surface area contributed by atoms with Gasteiger partial charge in [0.1, 0.15) is 0 Å². The maximum atomic E-state index is 10.9. The van der Waals surface area contributed by atoms with Crippen LogP contribution in [0.1, 0.15) is 33.1 Å². The average Bonchev–Trinajstić information content (AvgIpc) is 2.09. The molecule has 3 nitrogen and oxygen atoms in total. The van der Waals surface area contributed by atoms with Crippen LogP contribution >= 0.6 is 0 Å². The molecule has 0 radical (unpaired) electrons. The molecule has 0 fully saturated rings. The lowest BCUT2D eigenvalue weighted by Crippen LogP contribution is -2.29. The minimum absolute atomic E-state index is 0.287. The van der Waals surface area contributed by atoms with Crippen LogP contribution in [0.3, 0.4) is 0 Å². The first kappa shape index (κ1) is 13.2. The quantitative estimate of drug-likeness (QED) is 0.618. The fourth-order valence-electron chi connectivity index (χ4n) is 1.42. The number of carboxylic acids is 1. The Bertz CT molecular complexity index is 187. The number of carbonyl (C=O) groups is 1. The van der Waals surface area contributed by atoms with Gasteiger partial charge in [0, 0.05) is 0 Å². The highest BCUT2D eigenvalue weighted by molar-refractivity contribution is 5.70. The van der Waals surface area contributed by atoms with E-state index in [9.17, 15) is 9.90 Å². The topological polar surface area (TPSA) is 57.5 Å². The maximum Gasteiger partial charge on any atom is 0.309 e. The Hall–Kier alpha value is -0.830. The molecule has 0 spiro atoms. The van der Waals surface area contributed by atoms with Crippen molar-refractivity contribution in [1.82, 2.24) is 0 Å². The Morgan fingerprint density at radius 2 is 2.07 bits per heavy atom. The van der Waals surface area contributed by atoms with Crippen molar-refractivity contribution in [3.63, 3.8) is 0 Å². The molecule has 14 heavy (non-hydrogen) atoms. The Balaban J connectivity index is 4.17. The Labute approximate surface area is 85.4 Å². The largest absolute Gasteiger partial charge is 0.481 e. The molecular formula is C11H20O3. The summed E-state index contributed by atoms with van der Waals surface area (Å²) in [6, 6.07) is 0. The van der Waals surface area contributed by atoms with Crippen molar-refractivity contribution >= 4 is 5.97 Å². The second-order valence-electron chi connectivity index (χ2n) is 4.01. The van der Waals surface area contributed by atoms with E-state index in [1.807, 2.05) is 13.8 Å². The van der Waals surface area contributed by atoms with E-state index in [1.165, 1.54) is 0 Å². The van der Waals surface area contributed by atoms with Crippen LogP contribution < -0.4 is 0 Å². The van der Waals surface area contributed by atoms with E-state index in [2.05, 4.69) is 6.58 Å². The van der Waals surface area contributed by atoms with Gasteiger partial charge in [-0.05, 0) is 25.2 Å². The number of hydrogen-bond donors (Lipinski definition) is 2. The number of aliphatic hydroxyl groups is 1. The summed E-state index contributed by atoms with van der Waals surface area (Å²) in [4.78, 5) is 10.9. The second-order valence-corrected chi connectivity index (χ2v) is 4.01. The monoisotopic (exact) mass is 200 g/mol. The molecule has 2 N–H and O–H groups in total. The van der Waals surface area contributed by atoms with Crippen LogP contribution in [-0.2, 0) is 4.79 Å². The number of hydrogen-bond acceptors (Lipinski definition) is 2. The number of rotatable bonds is 7. The third-order valence-electron chi connectivity index (χ3n) is 2.17. The van der Waals surface area contributed by atoms with Gasteiger partial charge in [-0.3, -0.25) is 4.79 Å². The first-order chi connectivity index (χ1) is 6.49. The SMILES string of the molecule is C=CCCC(O)C(CC(C)C)C(=O)O. The molecular weight excluding hydrogens is 180 g/mol. The number of allylic oxidation sites excluding steroid dienone is 1. The molecule has 0 aromatic heterocycles. The highest BCUT2D eigenvalue weighted by Crippen LogP contribution is 2.19. The molecule has 0 rings (SSSR count). The van der Waals surface area contributed by atoms with Gasteiger partial charge in [0.25, 0.3) is 0 Å². The molecule has 2 unspecified atom stereocenters. The standard InChI is InChI=1S/C11H20O3/c1-4-5-6-10(12)9(11(13)14)7-8(2)3/h4,8-10,12H,1,5-7H2,2-3H3,(H,13,14). The summed E-state index contributed by atoms with van der Waals surface area (Å²) in [6.45, 7) is 7.45. The third kappa shape index (κ3) is 5.02. The van der Waals surface area contributed by atoms with Crippen LogP contribution in [-0.4, -0.2) is 22.3 Å². The second kappa shape index (κ2) is 6.60. The van der Waals surface area contributed by atoms with E-state index in [0.29, 0.717) is 19.3 Å². The fraction of sp³-hybridized carbons (Fsp3) is 0.727. The smallest absolute Gasteiger partial charge is 0.309 e. The molecule has 82 valence electrons. The van der Waals surface area contributed by atoms with Gasteiger partial charge < -0.3 is 10.2 Å². The molecule has 0 aromatic rings. The average molecular weight is 200 g/mol. The van der Waals surface area contributed by atoms with E-state index in [4.69, 9.17) is 5.11 Å². The van der Waals surface area contributed by atoms with Crippen molar-refractivity contribution in [3.05, 3.63) is 12.7 Å². The Morgan fingerprint density at radius 3 is 2.43 bits per heavy atom. The highest BCUT2D eigenvalue weighted by Gasteiger charge is 2.26. The van der Waals surface area contributed by atoms with Gasteiger partial charge in [-0.1, -0.05) is 19.9 Å². The maximum absolute atomic E-state index is 10.9. The van der Waals surface area contributed by atoms with Gasteiger partial charge in [0.15, 0.2) is 0 Å². The molecule has 2 atom stereocenters. The zero-order valence-corrected chi connectivity index (χ0v) is 8.94. The molecule has 0 aliphatic rings. The summed E-state index contributed by atoms with van der Waals surface area (Å²) >= 11 is 0. The summed E-state index contributed by atoms with van der Waals surface area (Å²) in [6.07, 6.45) is 2.59. The molecule has 0 aliphatic carbocycles. The molecule has 3 heteroatoms. The van der Waals surface area contributed by atoms with Gasteiger partial charge in [0.05, 0.1) is 12.0 Å². The Kier molecular flexibility index (Phi) is 6.21. The van der Waals surface area contributed by atoms with Crippen molar-refractivity contribution in [3.8, 4) is 0 Å². The minimum atomic E-state index is -0.907. The number of aliphatic carboxylic acids is 1. The molecule has 0 aromatic carbocycles. The highest BCUT2D eigenvalue weighted by atomic mass is 16.4. The molecule has 0 aliphatic heterocycles. The van der Waals surface area contributed by atoms with Crippen LogP contribution in [0.5, 0.6) is 0 Å². The molecule has 0 amide bonds. The van der Waals surface area contributed by atoms with E-state index < -0.39 is 18.0 Å². The first-order valence-corrected chi connectivity index (χ1v) is 5.00. The van der Waals surface area contributed by atoms with Crippen LogP contribution in [0.25, 0.3) is 0 Å². The van der Waals surface area contributed by atoms with Crippen LogP contribution in [0.4, 0.5) is 0 Å². The molecule has 0 heterocycles. The lowest BCUT2D eigenvalue weighted by atomic mass is 9.90. The summed E-state index contributed by atoms with van der Waals surface area (Å²) < 4.78 is 0. The molecule has 0 bridgehead atoms. The van der Waals surface area contributed by atoms with E-state index in [0.717, 1.165) is 0 Å². The van der Waals surface area contributed by atoms with Crippen LogP contribution in [0, 0.1) is 11.8 Å². The zero-order valence-electron chi connectivity index (χ0n) is 8.94. The summed E-state index contributed by atoms with van der Waals surface area (Å²) in [5.41, 5.74) is 0. The molecule has 0 saturated carbocycles. The predicted octanol–water partition coefficient (Wildman–Crippen LogP) is 2.06. The van der Waals surface area contributed by atoms with E-state index in [1.54, 1.807) is 6.08 Å². The summed E-state index contributed by atoms with van der Waals surface area (Å²) in [5, 5.41) is 18.5. The minimum Gasteiger partial charge on any atom is -0.481 e. The van der Waals surface area contributed by atoms with Gasteiger partial charge >= 0.3 is 5.97 Å². The molecule has 0 saturated heterocycles. The fourth-order valence-corrected chi connectivity index (χ4v) is 1.42. The normalized spacial score (nSPS) is 15.1. The van der Waals surface area contributed by atoms with Gasteiger partial charge in [-0.15, -0.1) is 6.58 Å². The van der Waals surface area contributed by atoms with Crippen LogP contribution in [0.2, 0.25) is 0 Å². The summed E-state index contributed by atoms with van der Waals surface area (Å²) in [5.74, 6) is -1.26. The van der Waals surface area contributed by atoms with E-state index >= 15 is 0 Å². The number of aliphatic hydroxyl groups excluding tert-OH is 1. The van der Waals surface area contributed by atoms with Crippen molar-refractivity contribution in [1.29, 1.82) is 0 Å². The Morgan fingerprint density at radius 1 is 1.50 bits per heavy atom. The van der Waals surface area contributed by atoms with Gasteiger partial charge in [-0.2, -0.15) is 0 Å². The zero-order chi connectivity index (χ0) is 11.1. The predicted molar refractivity (Wildman–Crippen MR) is 56.0 cm³/mol. The third-order valence-corrected chi connectivity index (χ3v) is 2.17. The van der Waals surface area contributed by atoms with Gasteiger partial charge in [-0.25, -0.2) is 0 Å². The van der Waals surface area contributed by atoms with Gasteiger partial charge in [0.2, 0.25) is 0 Å². The lowest BCUT2D eigenvalue weighted by Gasteiger charge is -2.20. The lowest BCUT2D eigenvalue weighted by molar-refractivity contribution is -0.146. The van der Waals surface area contributed by atoms with Crippen LogP contribution in [0.15, 0.2) is 12.7 Å². The van der Waals surface area contributed by atoms with Crippen molar-refractivity contribution in [2.75, 3.05) is 0 Å². The van der Waals surface area contributed by atoms with Crippen molar-refractivity contribution < 1.29 is 15.0 Å². The number of carboxylic acid groups (broad SMARTS) is 1. The van der Waals surface area contributed by atoms with E-state index in [-0.39, 0.29) is 5.92 Å².